The third-order valence-electron chi connectivity index (χ3n) is 3.45. The number of aryl methyl sites for hydroxylation is 1. The van der Waals surface area contributed by atoms with Gasteiger partial charge in [-0.2, -0.15) is 0 Å². The number of aromatic amines is 1. The van der Waals surface area contributed by atoms with Gasteiger partial charge in [0.05, 0.1) is 23.2 Å². The van der Waals surface area contributed by atoms with Gasteiger partial charge in [-0.1, -0.05) is 17.7 Å². The van der Waals surface area contributed by atoms with Crippen molar-refractivity contribution in [3.63, 3.8) is 0 Å². The van der Waals surface area contributed by atoms with Crippen molar-refractivity contribution in [3.05, 3.63) is 54.2 Å². The molecule has 0 unspecified atom stereocenters. The molecule has 0 atom stereocenters. The highest BCUT2D eigenvalue weighted by atomic mass is 32.2. The van der Waals surface area contributed by atoms with Crippen LogP contribution in [0.4, 0.5) is 5.69 Å². The quantitative estimate of drug-likeness (QED) is 0.776. The monoisotopic (exact) mass is 316 g/mol. The van der Waals surface area contributed by atoms with Gasteiger partial charge in [0.2, 0.25) is 0 Å². The first-order valence-electron chi connectivity index (χ1n) is 6.74. The van der Waals surface area contributed by atoms with Crippen molar-refractivity contribution >= 4 is 26.6 Å². The topological polar surface area (TPSA) is 71.2 Å². The van der Waals surface area contributed by atoms with Crippen LogP contribution in [0.2, 0.25) is 0 Å². The maximum Gasteiger partial charge on any atom is 0.261 e. The summed E-state index contributed by atoms with van der Waals surface area (Å²) in [6.45, 7) is 1.91. The fourth-order valence-electron chi connectivity index (χ4n) is 2.26. The molecule has 0 bridgehead atoms. The molecule has 3 rings (SSSR count). The minimum atomic E-state index is -3.64. The number of hydrogen-bond acceptors (Lipinski definition) is 3. The minimum Gasteiger partial charge on any atom is -0.497 e. The Hall–Kier alpha value is -2.47. The molecule has 22 heavy (non-hydrogen) atoms. The van der Waals surface area contributed by atoms with E-state index >= 15 is 0 Å². The molecule has 2 N–H and O–H groups in total. The number of H-pyrrole nitrogens is 1. The smallest absolute Gasteiger partial charge is 0.261 e. The lowest BCUT2D eigenvalue weighted by Crippen LogP contribution is -2.13. The maximum absolute atomic E-state index is 12.5. The molecule has 1 aromatic heterocycles. The van der Waals surface area contributed by atoms with E-state index in [4.69, 9.17) is 4.74 Å². The van der Waals surface area contributed by atoms with Gasteiger partial charge in [-0.15, -0.1) is 0 Å². The van der Waals surface area contributed by atoms with Crippen LogP contribution in [0.1, 0.15) is 5.56 Å². The van der Waals surface area contributed by atoms with Gasteiger partial charge in [-0.3, -0.25) is 4.72 Å². The van der Waals surface area contributed by atoms with E-state index in [-0.39, 0.29) is 4.90 Å². The Bertz CT molecular complexity index is 912. The fraction of sp³-hybridized carbons (Fsp3) is 0.125. The lowest BCUT2D eigenvalue weighted by atomic mass is 10.2. The SMILES string of the molecule is COc1cc(NS(=O)(=O)c2ccc(C)cc2)c2cc[nH]c2c1. The Balaban J connectivity index is 2.05. The number of anilines is 1. The Morgan fingerprint density at radius 1 is 1.09 bits per heavy atom. The Morgan fingerprint density at radius 2 is 1.82 bits per heavy atom. The van der Waals surface area contributed by atoms with Gasteiger partial charge in [-0.05, 0) is 25.1 Å². The number of rotatable bonds is 4. The van der Waals surface area contributed by atoms with Crippen molar-refractivity contribution in [2.45, 2.75) is 11.8 Å². The molecular formula is C16H16N2O3S. The van der Waals surface area contributed by atoms with E-state index in [1.54, 1.807) is 43.6 Å². The summed E-state index contributed by atoms with van der Waals surface area (Å²) >= 11 is 0. The number of methoxy groups -OCH3 is 1. The second-order valence-electron chi connectivity index (χ2n) is 5.03. The van der Waals surface area contributed by atoms with Gasteiger partial charge < -0.3 is 9.72 Å². The average Bonchev–Trinajstić information content (AvgIpc) is 2.96. The molecular weight excluding hydrogens is 300 g/mol. The predicted octanol–water partition coefficient (Wildman–Crippen LogP) is 3.29. The van der Waals surface area contributed by atoms with Crippen molar-refractivity contribution in [3.8, 4) is 5.75 Å². The van der Waals surface area contributed by atoms with Gasteiger partial charge in [-0.25, -0.2) is 8.42 Å². The van der Waals surface area contributed by atoms with Crippen LogP contribution in [0.25, 0.3) is 10.9 Å². The van der Waals surface area contributed by atoms with Crippen LogP contribution >= 0.6 is 0 Å². The molecule has 0 radical (unpaired) electrons. The lowest BCUT2D eigenvalue weighted by Gasteiger charge is -2.11. The number of hydrogen-bond donors (Lipinski definition) is 2. The molecule has 0 aliphatic rings. The Kier molecular flexibility index (Phi) is 3.54. The number of ether oxygens (including phenoxy) is 1. The second-order valence-corrected chi connectivity index (χ2v) is 6.71. The first kappa shape index (κ1) is 14.5. The van der Waals surface area contributed by atoms with Crippen molar-refractivity contribution in [1.82, 2.24) is 4.98 Å². The standard InChI is InChI=1S/C16H16N2O3S/c1-11-3-5-13(6-4-11)22(19,20)18-16-10-12(21-2)9-15-14(16)7-8-17-15/h3-10,17-18H,1-2H3. The third-order valence-corrected chi connectivity index (χ3v) is 4.84. The van der Waals surface area contributed by atoms with Gasteiger partial charge in [0, 0.05) is 23.7 Å². The van der Waals surface area contributed by atoms with Crippen molar-refractivity contribution in [1.29, 1.82) is 0 Å². The predicted molar refractivity (Wildman–Crippen MR) is 86.8 cm³/mol. The molecule has 0 amide bonds. The van der Waals surface area contributed by atoms with Gasteiger partial charge in [0.1, 0.15) is 5.75 Å². The molecule has 0 saturated carbocycles. The minimum absolute atomic E-state index is 0.226. The molecule has 2 aromatic carbocycles. The van der Waals surface area contributed by atoms with Gasteiger partial charge in [0.15, 0.2) is 0 Å². The van der Waals surface area contributed by atoms with E-state index in [9.17, 15) is 8.42 Å². The molecule has 114 valence electrons. The highest BCUT2D eigenvalue weighted by Crippen LogP contribution is 2.30. The number of nitrogens with one attached hydrogen (secondary N) is 2. The largest absolute Gasteiger partial charge is 0.497 e. The summed E-state index contributed by atoms with van der Waals surface area (Å²) < 4.78 is 32.9. The summed E-state index contributed by atoms with van der Waals surface area (Å²) in [5, 5.41) is 0.788. The van der Waals surface area contributed by atoms with Crippen molar-refractivity contribution in [2.75, 3.05) is 11.8 Å². The van der Waals surface area contributed by atoms with E-state index in [0.717, 1.165) is 16.5 Å². The molecule has 0 saturated heterocycles. The van der Waals surface area contributed by atoms with Gasteiger partial charge in [0.25, 0.3) is 10.0 Å². The summed E-state index contributed by atoms with van der Waals surface area (Å²) in [5.74, 6) is 0.580. The second kappa shape index (κ2) is 5.38. The number of sulfonamides is 1. The molecule has 0 fully saturated rings. The zero-order valence-electron chi connectivity index (χ0n) is 12.3. The van der Waals surface area contributed by atoms with E-state index in [0.29, 0.717) is 11.4 Å². The fourth-order valence-corrected chi connectivity index (χ4v) is 3.33. The van der Waals surface area contributed by atoms with Crippen LogP contribution in [0.5, 0.6) is 5.75 Å². The molecule has 5 nitrogen and oxygen atoms in total. The lowest BCUT2D eigenvalue weighted by molar-refractivity contribution is 0.415. The summed E-state index contributed by atoms with van der Waals surface area (Å²) in [6.07, 6.45) is 1.76. The first-order valence-corrected chi connectivity index (χ1v) is 8.22. The Labute approximate surface area is 129 Å². The maximum atomic E-state index is 12.5. The van der Waals surface area contributed by atoms with Crippen LogP contribution in [0.3, 0.4) is 0 Å². The highest BCUT2D eigenvalue weighted by molar-refractivity contribution is 7.92. The summed E-state index contributed by atoms with van der Waals surface area (Å²) in [6, 6.07) is 12.0. The van der Waals surface area contributed by atoms with Gasteiger partial charge >= 0.3 is 0 Å². The normalized spacial score (nSPS) is 11.5. The number of benzene rings is 2. The van der Waals surface area contributed by atoms with Crippen LogP contribution in [-0.2, 0) is 10.0 Å². The zero-order chi connectivity index (χ0) is 15.7. The first-order chi connectivity index (χ1) is 10.5. The van der Waals surface area contributed by atoms with Crippen LogP contribution in [0.15, 0.2) is 53.6 Å². The van der Waals surface area contributed by atoms with Crippen molar-refractivity contribution < 1.29 is 13.2 Å². The van der Waals surface area contributed by atoms with Crippen LogP contribution in [0, 0.1) is 6.92 Å². The number of fused-ring (bicyclic) bond motifs is 1. The molecule has 1 heterocycles. The van der Waals surface area contributed by atoms with E-state index < -0.39 is 10.0 Å². The van der Waals surface area contributed by atoms with Crippen molar-refractivity contribution in [2.24, 2.45) is 0 Å². The molecule has 0 aliphatic carbocycles. The Morgan fingerprint density at radius 3 is 2.50 bits per heavy atom. The highest BCUT2D eigenvalue weighted by Gasteiger charge is 2.16. The summed E-state index contributed by atoms with van der Waals surface area (Å²) in [4.78, 5) is 3.28. The molecule has 3 aromatic rings. The van der Waals surface area contributed by atoms with Crippen LogP contribution < -0.4 is 9.46 Å². The molecule has 0 aliphatic heterocycles. The summed E-state index contributed by atoms with van der Waals surface area (Å²) in [7, 11) is -2.10. The van der Waals surface area contributed by atoms with Crippen LogP contribution in [-0.4, -0.2) is 20.5 Å². The third kappa shape index (κ3) is 2.65. The molecule has 0 spiro atoms. The van der Waals surface area contributed by atoms with E-state index in [1.165, 1.54) is 0 Å². The van der Waals surface area contributed by atoms with E-state index in [2.05, 4.69) is 9.71 Å². The average molecular weight is 316 g/mol. The summed E-state index contributed by atoms with van der Waals surface area (Å²) in [5.41, 5.74) is 2.30. The van der Waals surface area contributed by atoms with E-state index in [1.807, 2.05) is 19.1 Å². The molecule has 6 heteroatoms. The zero-order valence-corrected chi connectivity index (χ0v) is 13.1. The number of aromatic nitrogens is 1.